The van der Waals surface area contributed by atoms with Crippen molar-refractivity contribution in [3.8, 4) is 5.75 Å². The smallest absolute Gasteiger partial charge is 0.417 e. The van der Waals surface area contributed by atoms with Crippen LogP contribution < -0.4 is 10.1 Å². The van der Waals surface area contributed by atoms with Crippen molar-refractivity contribution in [1.29, 1.82) is 0 Å². The molecule has 184 valence electrons. The minimum atomic E-state index is -4.67. The van der Waals surface area contributed by atoms with E-state index in [-0.39, 0.29) is 5.56 Å². The number of carbonyl (C=O) groups excluding carboxylic acids is 1. The number of ether oxygens (including phenoxy) is 1. The van der Waals surface area contributed by atoms with Crippen molar-refractivity contribution in [3.05, 3.63) is 113 Å². The van der Waals surface area contributed by atoms with Crippen LogP contribution in [0.5, 0.6) is 5.75 Å². The molecule has 1 atom stereocenters. The maximum atomic E-state index is 13.3. The highest BCUT2D eigenvalue weighted by atomic mass is 35.5. The Kier molecular flexibility index (Phi) is 8.95. The minimum Gasteiger partial charge on any atom is -0.489 e. The predicted octanol–water partition coefficient (Wildman–Crippen LogP) is 6.53. The van der Waals surface area contributed by atoms with Gasteiger partial charge in [-0.25, -0.2) is 0 Å². The summed E-state index contributed by atoms with van der Waals surface area (Å²) in [6.45, 7) is 5.04. The molecule has 3 aromatic carbocycles. The van der Waals surface area contributed by atoms with Crippen LogP contribution in [0.3, 0.4) is 0 Å². The zero-order valence-corrected chi connectivity index (χ0v) is 19.9. The van der Waals surface area contributed by atoms with Crippen molar-refractivity contribution in [1.82, 2.24) is 10.2 Å². The number of rotatable bonds is 10. The van der Waals surface area contributed by atoms with E-state index in [4.69, 9.17) is 16.3 Å². The van der Waals surface area contributed by atoms with E-state index in [9.17, 15) is 18.0 Å². The Morgan fingerprint density at radius 1 is 1.11 bits per heavy atom. The highest BCUT2D eigenvalue weighted by molar-refractivity contribution is 6.34. The molecule has 8 heteroatoms. The molecule has 3 rings (SSSR count). The molecule has 35 heavy (non-hydrogen) atoms. The van der Waals surface area contributed by atoms with Gasteiger partial charge in [0, 0.05) is 13.1 Å². The zero-order chi connectivity index (χ0) is 25.4. The van der Waals surface area contributed by atoms with E-state index in [2.05, 4.69) is 11.9 Å². The van der Waals surface area contributed by atoms with Crippen molar-refractivity contribution in [2.45, 2.75) is 18.8 Å². The molecule has 0 spiro atoms. The maximum absolute atomic E-state index is 13.3. The van der Waals surface area contributed by atoms with Gasteiger partial charge in [-0.1, -0.05) is 66.2 Å². The lowest BCUT2D eigenvalue weighted by atomic mass is 10.0. The third-order valence-electron chi connectivity index (χ3n) is 5.30. The number of alkyl halides is 3. The monoisotopic (exact) mass is 502 g/mol. The summed E-state index contributed by atoms with van der Waals surface area (Å²) in [5, 5.41) is 2.21. The van der Waals surface area contributed by atoms with Gasteiger partial charge in [0.2, 0.25) is 0 Å². The van der Waals surface area contributed by atoms with E-state index in [1.807, 2.05) is 60.5 Å². The van der Waals surface area contributed by atoms with Crippen LogP contribution in [0.2, 0.25) is 5.02 Å². The number of likely N-dealkylation sites (N-methyl/N-ethyl adjacent to an activating group) is 1. The van der Waals surface area contributed by atoms with Crippen molar-refractivity contribution in [2.24, 2.45) is 0 Å². The van der Waals surface area contributed by atoms with E-state index in [0.29, 0.717) is 25.4 Å². The molecule has 0 saturated carbocycles. The standard InChI is InChI=1S/C27H26ClF3N2O2/c1-3-15-33(2)17-24(32-26(34)22-13-8-14-23(25(22)28)27(29,30)31)20-11-7-12-21(16-20)35-18-19-9-5-4-6-10-19/h3-14,16,24H,1,15,17-18H2,2H3,(H,32,34). The van der Waals surface area contributed by atoms with E-state index in [0.717, 1.165) is 17.2 Å². The van der Waals surface area contributed by atoms with Crippen LogP contribution in [0, 0.1) is 0 Å². The summed E-state index contributed by atoms with van der Waals surface area (Å²) in [4.78, 5) is 15.0. The van der Waals surface area contributed by atoms with Gasteiger partial charge in [0.1, 0.15) is 12.4 Å². The average molecular weight is 503 g/mol. The molecular weight excluding hydrogens is 477 g/mol. The molecule has 0 aromatic heterocycles. The number of benzene rings is 3. The summed E-state index contributed by atoms with van der Waals surface area (Å²) >= 11 is 5.97. The first kappa shape index (κ1) is 26.3. The maximum Gasteiger partial charge on any atom is 0.417 e. The lowest BCUT2D eigenvalue weighted by Crippen LogP contribution is -2.37. The molecule has 0 radical (unpaired) electrons. The van der Waals surface area contributed by atoms with Gasteiger partial charge < -0.3 is 15.0 Å². The largest absolute Gasteiger partial charge is 0.489 e. The third kappa shape index (κ3) is 7.34. The van der Waals surface area contributed by atoms with E-state index in [1.54, 1.807) is 12.1 Å². The van der Waals surface area contributed by atoms with Gasteiger partial charge in [-0.05, 0) is 42.4 Å². The fourth-order valence-corrected chi connectivity index (χ4v) is 3.88. The molecule has 0 aliphatic rings. The lowest BCUT2D eigenvalue weighted by Gasteiger charge is -2.25. The second-order valence-corrected chi connectivity index (χ2v) is 8.43. The molecule has 1 unspecified atom stereocenters. The number of nitrogens with zero attached hydrogens (tertiary/aromatic N) is 1. The molecule has 3 aromatic rings. The van der Waals surface area contributed by atoms with Gasteiger partial charge in [0.25, 0.3) is 5.91 Å². The first-order chi connectivity index (χ1) is 16.7. The molecule has 0 aliphatic heterocycles. The van der Waals surface area contributed by atoms with Crippen molar-refractivity contribution < 1.29 is 22.7 Å². The molecule has 0 heterocycles. The van der Waals surface area contributed by atoms with E-state index < -0.39 is 28.7 Å². The normalized spacial score (nSPS) is 12.3. The Morgan fingerprint density at radius 3 is 2.51 bits per heavy atom. The van der Waals surface area contributed by atoms with Crippen molar-refractivity contribution >= 4 is 17.5 Å². The Hall–Kier alpha value is -3.29. The van der Waals surface area contributed by atoms with Crippen molar-refractivity contribution in [3.63, 3.8) is 0 Å². The fraction of sp³-hybridized carbons (Fsp3) is 0.222. The fourth-order valence-electron chi connectivity index (χ4n) is 3.57. The van der Waals surface area contributed by atoms with Crippen LogP contribution in [0.25, 0.3) is 0 Å². The lowest BCUT2D eigenvalue weighted by molar-refractivity contribution is -0.137. The van der Waals surface area contributed by atoms with E-state index >= 15 is 0 Å². The topological polar surface area (TPSA) is 41.6 Å². The summed E-state index contributed by atoms with van der Waals surface area (Å²) in [5.74, 6) is -0.0946. The number of hydrogen-bond acceptors (Lipinski definition) is 3. The molecule has 0 aliphatic carbocycles. The highest BCUT2D eigenvalue weighted by Gasteiger charge is 2.35. The second-order valence-electron chi connectivity index (χ2n) is 8.05. The van der Waals surface area contributed by atoms with Gasteiger partial charge in [0.15, 0.2) is 0 Å². The molecule has 4 nitrogen and oxygen atoms in total. The first-order valence-corrected chi connectivity index (χ1v) is 11.3. The highest BCUT2D eigenvalue weighted by Crippen LogP contribution is 2.36. The Labute approximate surface area is 208 Å². The van der Waals surface area contributed by atoms with Gasteiger partial charge >= 0.3 is 6.18 Å². The number of hydrogen-bond donors (Lipinski definition) is 1. The van der Waals surface area contributed by atoms with E-state index in [1.165, 1.54) is 12.1 Å². The van der Waals surface area contributed by atoms with Gasteiger partial charge in [0.05, 0.1) is 22.2 Å². The summed E-state index contributed by atoms with van der Waals surface area (Å²) in [6, 6.07) is 19.7. The molecule has 0 fully saturated rings. The van der Waals surface area contributed by atoms with Crippen LogP contribution in [-0.2, 0) is 12.8 Å². The molecule has 1 amide bonds. The van der Waals surface area contributed by atoms with Gasteiger partial charge in [-0.3, -0.25) is 4.79 Å². The molecule has 0 bridgehead atoms. The summed E-state index contributed by atoms with van der Waals surface area (Å²) in [5.41, 5.74) is 0.452. The summed E-state index contributed by atoms with van der Waals surface area (Å²) in [7, 11) is 1.86. The molecule has 0 saturated heterocycles. The van der Waals surface area contributed by atoms with Crippen LogP contribution in [0.1, 0.15) is 33.1 Å². The number of carbonyl (C=O) groups is 1. The van der Waals surface area contributed by atoms with Crippen LogP contribution >= 0.6 is 11.6 Å². The number of halogens is 4. The van der Waals surface area contributed by atoms with Crippen LogP contribution in [0.15, 0.2) is 85.5 Å². The average Bonchev–Trinajstić information content (AvgIpc) is 2.82. The minimum absolute atomic E-state index is 0.241. The van der Waals surface area contributed by atoms with Gasteiger partial charge in [-0.15, -0.1) is 6.58 Å². The number of nitrogens with one attached hydrogen (secondary N) is 1. The predicted molar refractivity (Wildman–Crippen MR) is 132 cm³/mol. The van der Waals surface area contributed by atoms with Crippen molar-refractivity contribution in [2.75, 3.05) is 20.1 Å². The Balaban J connectivity index is 1.84. The molecule has 1 N–H and O–H groups in total. The van der Waals surface area contributed by atoms with Crippen LogP contribution in [0.4, 0.5) is 13.2 Å². The zero-order valence-electron chi connectivity index (χ0n) is 19.2. The van der Waals surface area contributed by atoms with Crippen LogP contribution in [-0.4, -0.2) is 30.9 Å². The SMILES string of the molecule is C=CCN(C)CC(NC(=O)c1cccc(C(F)(F)F)c1Cl)c1cccc(OCc2ccccc2)c1. The summed E-state index contributed by atoms with van der Waals surface area (Å²) in [6.07, 6.45) is -2.94. The Bertz CT molecular complexity index is 1150. The Morgan fingerprint density at radius 2 is 1.83 bits per heavy atom. The third-order valence-corrected chi connectivity index (χ3v) is 5.71. The molecular formula is C27H26ClF3N2O2. The van der Waals surface area contributed by atoms with Gasteiger partial charge in [-0.2, -0.15) is 13.2 Å². The quantitative estimate of drug-likeness (QED) is 0.321. The summed E-state index contributed by atoms with van der Waals surface area (Å²) < 4.78 is 45.7. The first-order valence-electron chi connectivity index (χ1n) is 10.9. The number of amides is 1. The second kappa shape index (κ2) is 11.9.